The van der Waals surface area contributed by atoms with E-state index < -0.39 is 0 Å². The Bertz CT molecular complexity index is 155. The number of carbonyl (C=O) groups excluding carboxylic acids is 1. The number of nitrogens with zero attached hydrogens (tertiary/aromatic N) is 1. The summed E-state index contributed by atoms with van der Waals surface area (Å²) in [5.41, 5.74) is 0.0766. The van der Waals surface area contributed by atoms with Gasteiger partial charge < -0.3 is 14.7 Å². The lowest BCUT2D eigenvalue weighted by Gasteiger charge is -2.37. The summed E-state index contributed by atoms with van der Waals surface area (Å²) >= 11 is 0. The van der Waals surface area contributed by atoms with Crippen molar-refractivity contribution in [2.24, 2.45) is 5.41 Å². The van der Waals surface area contributed by atoms with E-state index in [4.69, 9.17) is 5.11 Å². The fraction of sp³-hybridized carbons (Fsp3) is 0.875. The van der Waals surface area contributed by atoms with E-state index in [0.29, 0.717) is 0 Å². The summed E-state index contributed by atoms with van der Waals surface area (Å²) in [7, 11) is 1.58. The monoisotopic (exact) mass is 168 g/mol. The first-order valence-electron chi connectivity index (χ1n) is 4.34. The van der Waals surface area contributed by atoms with Crippen molar-refractivity contribution >= 4 is 13.6 Å². The van der Waals surface area contributed by atoms with Gasteiger partial charge in [-0.3, -0.25) is 0 Å². The molecule has 0 aromatic heterocycles. The zero-order valence-electron chi connectivity index (χ0n) is 7.49. The van der Waals surface area contributed by atoms with Crippen molar-refractivity contribution in [2.45, 2.75) is 19.8 Å². The maximum atomic E-state index is 10.2. The van der Waals surface area contributed by atoms with Crippen LogP contribution in [0.15, 0.2) is 0 Å². The number of aliphatic hydroxyl groups excluding tert-OH is 1. The fourth-order valence-electron chi connectivity index (χ4n) is 1.46. The lowest BCUT2D eigenvalue weighted by molar-refractivity contribution is 0.0854. The van der Waals surface area contributed by atoms with Crippen LogP contribution in [0.25, 0.3) is 0 Å². The standard InChI is InChI=1S/C8H15BNO2/c1-8(6-11)2-4-10(5-3-8)9-7-12/h7,11H,2-6H2,1H3. The topological polar surface area (TPSA) is 40.5 Å². The predicted octanol–water partition coefficient (Wildman–Crippen LogP) is -0.110. The Morgan fingerprint density at radius 2 is 2.17 bits per heavy atom. The molecule has 1 N–H and O–H groups in total. The highest BCUT2D eigenvalue weighted by Crippen LogP contribution is 2.29. The van der Waals surface area contributed by atoms with E-state index in [-0.39, 0.29) is 12.0 Å². The highest BCUT2D eigenvalue weighted by atomic mass is 16.3. The van der Waals surface area contributed by atoms with E-state index in [0.717, 1.165) is 32.1 Å². The summed E-state index contributed by atoms with van der Waals surface area (Å²) in [5, 5.41) is 9.07. The van der Waals surface area contributed by atoms with Crippen LogP contribution in [0.2, 0.25) is 0 Å². The second-order valence-electron chi connectivity index (χ2n) is 3.79. The van der Waals surface area contributed by atoms with Crippen LogP contribution in [0, 0.1) is 5.41 Å². The van der Waals surface area contributed by atoms with Gasteiger partial charge in [0.15, 0.2) is 0 Å². The summed E-state index contributed by atoms with van der Waals surface area (Å²) in [5.74, 6) is 0. The lowest BCUT2D eigenvalue weighted by Crippen LogP contribution is -2.42. The zero-order valence-corrected chi connectivity index (χ0v) is 7.49. The third kappa shape index (κ3) is 2.32. The van der Waals surface area contributed by atoms with Crippen LogP contribution in [0.1, 0.15) is 19.8 Å². The fourth-order valence-corrected chi connectivity index (χ4v) is 1.46. The number of carbonyl (C=O) groups is 1. The molecular formula is C8H15BNO2. The van der Waals surface area contributed by atoms with Crippen molar-refractivity contribution in [3.05, 3.63) is 0 Å². The Kier molecular flexibility index (Phi) is 3.29. The van der Waals surface area contributed by atoms with Gasteiger partial charge >= 0.3 is 0 Å². The van der Waals surface area contributed by atoms with Crippen LogP contribution in [-0.4, -0.2) is 43.2 Å². The molecule has 0 aromatic carbocycles. The summed E-state index contributed by atoms with van der Waals surface area (Å²) in [4.78, 5) is 12.2. The van der Waals surface area contributed by atoms with Crippen molar-refractivity contribution < 1.29 is 9.90 Å². The number of aliphatic hydroxyl groups is 1. The van der Waals surface area contributed by atoms with E-state index in [2.05, 4.69) is 6.92 Å². The van der Waals surface area contributed by atoms with Crippen molar-refractivity contribution in [1.29, 1.82) is 0 Å². The summed E-state index contributed by atoms with van der Waals surface area (Å²) < 4.78 is 0. The third-order valence-electron chi connectivity index (χ3n) is 2.66. The zero-order chi connectivity index (χ0) is 9.03. The molecule has 0 unspecified atom stereocenters. The molecule has 0 bridgehead atoms. The Hall–Kier alpha value is -0.345. The van der Waals surface area contributed by atoms with Gasteiger partial charge in [0, 0.05) is 6.61 Å². The van der Waals surface area contributed by atoms with Gasteiger partial charge in [-0.1, -0.05) is 6.92 Å². The minimum atomic E-state index is 0.0766. The maximum absolute atomic E-state index is 10.2. The van der Waals surface area contributed by atoms with Crippen LogP contribution >= 0.6 is 0 Å². The van der Waals surface area contributed by atoms with Crippen molar-refractivity contribution in [3.63, 3.8) is 0 Å². The molecule has 1 radical (unpaired) electrons. The van der Waals surface area contributed by atoms with Gasteiger partial charge in [-0.2, -0.15) is 0 Å². The second-order valence-corrected chi connectivity index (χ2v) is 3.79. The normalized spacial score (nSPS) is 23.5. The Balaban J connectivity index is 2.33. The molecule has 12 heavy (non-hydrogen) atoms. The minimum absolute atomic E-state index is 0.0766. The van der Waals surface area contributed by atoms with Gasteiger partial charge in [-0.25, -0.2) is 0 Å². The van der Waals surface area contributed by atoms with Crippen LogP contribution in [0.4, 0.5) is 0 Å². The average molecular weight is 168 g/mol. The van der Waals surface area contributed by atoms with Gasteiger partial charge in [0.05, 0.1) is 6.19 Å². The highest BCUT2D eigenvalue weighted by Gasteiger charge is 2.28. The first-order valence-corrected chi connectivity index (χ1v) is 4.34. The van der Waals surface area contributed by atoms with E-state index in [9.17, 15) is 4.79 Å². The first kappa shape index (κ1) is 9.74. The number of hydrogen-bond donors (Lipinski definition) is 1. The number of rotatable bonds is 3. The Morgan fingerprint density at radius 1 is 1.58 bits per heavy atom. The van der Waals surface area contributed by atoms with Crippen molar-refractivity contribution in [3.8, 4) is 0 Å². The first-order chi connectivity index (χ1) is 5.70. The molecule has 0 atom stereocenters. The molecule has 1 heterocycles. The van der Waals surface area contributed by atoms with Crippen LogP contribution < -0.4 is 0 Å². The molecule has 67 valence electrons. The smallest absolute Gasteiger partial charge is 0.293 e. The van der Waals surface area contributed by atoms with Crippen LogP contribution in [-0.2, 0) is 4.79 Å². The molecule has 1 fully saturated rings. The van der Waals surface area contributed by atoms with Crippen LogP contribution in [0.3, 0.4) is 0 Å². The molecule has 4 heteroatoms. The van der Waals surface area contributed by atoms with Crippen molar-refractivity contribution in [2.75, 3.05) is 19.7 Å². The molecule has 0 aliphatic carbocycles. The van der Waals surface area contributed by atoms with E-state index in [1.807, 2.05) is 4.81 Å². The third-order valence-corrected chi connectivity index (χ3v) is 2.66. The Morgan fingerprint density at radius 3 is 2.58 bits per heavy atom. The van der Waals surface area contributed by atoms with Gasteiger partial charge in [-0.05, 0) is 31.3 Å². The summed E-state index contributed by atoms with van der Waals surface area (Å²) in [6.45, 7) is 4.11. The van der Waals surface area contributed by atoms with Gasteiger partial charge in [0.2, 0.25) is 0 Å². The van der Waals surface area contributed by atoms with Gasteiger partial charge in [0.1, 0.15) is 0 Å². The quantitative estimate of drug-likeness (QED) is 0.472. The molecular weight excluding hydrogens is 153 g/mol. The van der Waals surface area contributed by atoms with E-state index >= 15 is 0 Å². The van der Waals surface area contributed by atoms with Crippen LogP contribution in [0.5, 0.6) is 0 Å². The van der Waals surface area contributed by atoms with Gasteiger partial charge in [-0.15, -0.1) is 0 Å². The van der Waals surface area contributed by atoms with E-state index in [1.165, 1.54) is 0 Å². The minimum Gasteiger partial charge on any atom is -0.396 e. The molecule has 3 nitrogen and oxygen atoms in total. The molecule has 1 aliphatic heterocycles. The average Bonchev–Trinajstić information content (AvgIpc) is 2.10. The molecule has 1 aliphatic rings. The molecule has 1 rings (SSSR count). The molecule has 0 spiro atoms. The van der Waals surface area contributed by atoms with Gasteiger partial charge in [0.25, 0.3) is 7.41 Å². The highest BCUT2D eigenvalue weighted by molar-refractivity contribution is 6.64. The largest absolute Gasteiger partial charge is 0.396 e. The Labute approximate surface area is 74.0 Å². The molecule has 0 amide bonds. The molecule has 0 saturated carbocycles. The molecule has 1 saturated heterocycles. The predicted molar refractivity (Wildman–Crippen MR) is 48.5 cm³/mol. The SMILES string of the molecule is CC1(CO)CCN([B]C=O)CC1. The summed E-state index contributed by atoms with van der Waals surface area (Å²) in [6.07, 6.45) is 2.75. The second kappa shape index (κ2) is 4.05. The lowest BCUT2D eigenvalue weighted by atomic mass is 9.78. The maximum Gasteiger partial charge on any atom is 0.293 e. The number of piperidine rings is 1. The number of hydrogen-bond acceptors (Lipinski definition) is 3. The molecule has 0 aromatic rings. The van der Waals surface area contributed by atoms with E-state index in [1.54, 1.807) is 7.41 Å². The summed E-state index contributed by atoms with van der Waals surface area (Å²) in [6, 6.07) is 0. The van der Waals surface area contributed by atoms with Crippen molar-refractivity contribution in [1.82, 2.24) is 4.81 Å².